The summed E-state index contributed by atoms with van der Waals surface area (Å²) < 4.78 is 4.42. The number of carbonyl (C=O) groups excluding carboxylic acids is 1. The molecule has 192 valence electrons. The second-order valence-electron chi connectivity index (χ2n) is 9.91. The van der Waals surface area contributed by atoms with E-state index < -0.39 is 0 Å². The van der Waals surface area contributed by atoms with Gasteiger partial charge in [0.05, 0.1) is 15.7 Å². The molecule has 0 saturated carbocycles. The molecule has 0 saturated heterocycles. The first-order chi connectivity index (χ1) is 18.3. The van der Waals surface area contributed by atoms with Crippen molar-refractivity contribution in [2.24, 2.45) is 0 Å². The number of hydrogen-bond donors (Lipinski definition) is 1. The number of aryl methyl sites for hydroxylation is 4. The monoisotopic (exact) mass is 561 g/mol. The van der Waals surface area contributed by atoms with E-state index in [2.05, 4.69) is 52.5 Å². The molecule has 7 heteroatoms. The van der Waals surface area contributed by atoms with Crippen molar-refractivity contribution in [2.75, 3.05) is 5.32 Å². The van der Waals surface area contributed by atoms with Gasteiger partial charge in [-0.3, -0.25) is 9.20 Å². The van der Waals surface area contributed by atoms with Crippen LogP contribution < -0.4 is 5.32 Å². The van der Waals surface area contributed by atoms with Gasteiger partial charge in [-0.05, 0) is 85.7 Å². The van der Waals surface area contributed by atoms with Crippen LogP contribution in [0.2, 0.25) is 15.1 Å². The lowest BCUT2D eigenvalue weighted by Crippen LogP contribution is -2.15. The molecule has 0 aliphatic carbocycles. The number of imidazole rings is 1. The number of hydrogen-bond acceptors (Lipinski definition) is 1. The maximum Gasteiger partial charge on any atom is 0.273 e. The van der Waals surface area contributed by atoms with E-state index in [0.717, 1.165) is 53.8 Å². The van der Waals surface area contributed by atoms with Gasteiger partial charge in [0.25, 0.3) is 5.91 Å². The molecule has 38 heavy (non-hydrogen) atoms. The van der Waals surface area contributed by atoms with Crippen LogP contribution in [0.4, 0.5) is 5.69 Å². The van der Waals surface area contributed by atoms with Crippen LogP contribution in [0, 0.1) is 13.8 Å². The van der Waals surface area contributed by atoms with Gasteiger partial charge in [-0.1, -0.05) is 65.1 Å². The van der Waals surface area contributed by atoms with E-state index in [1.54, 1.807) is 18.2 Å². The average molecular weight is 563 g/mol. The van der Waals surface area contributed by atoms with Crippen molar-refractivity contribution in [3.63, 3.8) is 0 Å². The lowest BCUT2D eigenvalue weighted by atomic mass is 9.95. The van der Waals surface area contributed by atoms with E-state index in [4.69, 9.17) is 34.8 Å². The van der Waals surface area contributed by atoms with Crippen molar-refractivity contribution in [2.45, 2.75) is 39.7 Å². The lowest BCUT2D eigenvalue weighted by Gasteiger charge is -2.12. The number of nitrogens with zero attached hydrogens (tertiary/aromatic N) is 2. The van der Waals surface area contributed by atoms with Crippen LogP contribution in [0.15, 0.2) is 66.9 Å². The first kappa shape index (κ1) is 25.1. The quantitative estimate of drug-likeness (QED) is 0.233. The molecule has 1 aliphatic rings. The first-order valence-electron chi connectivity index (χ1n) is 12.7. The van der Waals surface area contributed by atoms with Crippen molar-refractivity contribution in [3.05, 3.63) is 104 Å². The highest BCUT2D eigenvalue weighted by atomic mass is 35.5. The summed E-state index contributed by atoms with van der Waals surface area (Å²) in [6.45, 7) is 5.10. The molecule has 0 unspecified atom stereocenters. The van der Waals surface area contributed by atoms with Crippen molar-refractivity contribution in [3.8, 4) is 22.4 Å². The van der Waals surface area contributed by atoms with Crippen LogP contribution in [0.1, 0.15) is 40.0 Å². The number of anilines is 1. The summed E-state index contributed by atoms with van der Waals surface area (Å²) in [6, 6.07) is 19.4. The molecule has 1 aliphatic heterocycles. The van der Waals surface area contributed by atoms with Crippen molar-refractivity contribution in [1.29, 1.82) is 0 Å². The highest BCUT2D eigenvalue weighted by molar-refractivity contribution is 6.42. The molecule has 4 nitrogen and oxygen atoms in total. The zero-order chi connectivity index (χ0) is 26.6. The third-order valence-electron chi connectivity index (χ3n) is 7.46. The summed E-state index contributed by atoms with van der Waals surface area (Å²) in [5.74, 6) is -0.196. The number of aromatic nitrogens is 2. The summed E-state index contributed by atoms with van der Waals surface area (Å²) in [5.41, 5.74) is 10.1. The van der Waals surface area contributed by atoms with Gasteiger partial charge in [0.15, 0.2) is 0 Å². The summed E-state index contributed by atoms with van der Waals surface area (Å²) in [5, 5.41) is 4.61. The predicted octanol–water partition coefficient (Wildman–Crippen LogP) is 9.24. The van der Waals surface area contributed by atoms with Crippen molar-refractivity contribution < 1.29 is 4.79 Å². The number of halogens is 3. The third kappa shape index (κ3) is 4.31. The molecule has 6 rings (SSSR count). The second kappa shape index (κ2) is 9.85. The molecule has 3 heterocycles. The molecule has 0 atom stereocenters. The van der Waals surface area contributed by atoms with E-state index >= 15 is 0 Å². The Morgan fingerprint density at radius 3 is 2.34 bits per heavy atom. The molecule has 5 aromatic rings. The Hall–Kier alpha value is -3.18. The lowest BCUT2D eigenvalue weighted by molar-refractivity contribution is 0.102. The molecular formula is C31H26Cl3N3O. The fourth-order valence-corrected chi connectivity index (χ4v) is 5.86. The molecular weight excluding hydrogens is 537 g/mol. The minimum Gasteiger partial charge on any atom is -0.325 e. The maximum atomic E-state index is 14.1. The fraction of sp³-hybridized carbons (Fsp3) is 0.194. The number of benzene rings is 3. The van der Waals surface area contributed by atoms with Crippen LogP contribution in [-0.4, -0.2) is 14.9 Å². The summed E-state index contributed by atoms with van der Waals surface area (Å²) >= 11 is 18.6. The molecule has 0 radical (unpaired) electrons. The SMILES string of the molecule is Cc1ccc(-c2c3c4n(c(-c5ccc(Cl)cc5)cn4c2C(=O)Nc2ccc(Cl)c(Cl)c2)CCCC3)cc1C. The Labute approximate surface area is 236 Å². The first-order valence-corrected chi connectivity index (χ1v) is 13.8. The van der Waals surface area contributed by atoms with Gasteiger partial charge in [0, 0.05) is 34.6 Å². The van der Waals surface area contributed by atoms with Gasteiger partial charge >= 0.3 is 0 Å². The van der Waals surface area contributed by atoms with E-state index in [1.165, 1.54) is 16.7 Å². The van der Waals surface area contributed by atoms with E-state index in [9.17, 15) is 4.79 Å². The largest absolute Gasteiger partial charge is 0.325 e. The Balaban J connectivity index is 1.61. The normalized spacial score (nSPS) is 13.1. The zero-order valence-corrected chi connectivity index (χ0v) is 23.4. The Kier molecular flexibility index (Phi) is 6.51. The minimum atomic E-state index is -0.196. The smallest absolute Gasteiger partial charge is 0.273 e. The molecule has 1 N–H and O–H groups in total. The summed E-state index contributed by atoms with van der Waals surface area (Å²) in [6.07, 6.45) is 5.10. The van der Waals surface area contributed by atoms with Gasteiger partial charge in [0.1, 0.15) is 11.3 Å². The van der Waals surface area contributed by atoms with Crippen molar-refractivity contribution >= 4 is 52.0 Å². The van der Waals surface area contributed by atoms with Crippen LogP contribution >= 0.6 is 34.8 Å². The Morgan fingerprint density at radius 2 is 1.61 bits per heavy atom. The van der Waals surface area contributed by atoms with E-state index in [1.807, 2.05) is 24.3 Å². The Morgan fingerprint density at radius 1 is 0.842 bits per heavy atom. The highest BCUT2D eigenvalue weighted by Crippen LogP contribution is 2.40. The van der Waals surface area contributed by atoms with Crippen LogP contribution in [0.3, 0.4) is 0 Å². The van der Waals surface area contributed by atoms with Gasteiger partial charge < -0.3 is 9.88 Å². The van der Waals surface area contributed by atoms with Crippen LogP contribution in [-0.2, 0) is 13.0 Å². The Bertz CT molecular complexity index is 1710. The topological polar surface area (TPSA) is 38.4 Å². The average Bonchev–Trinajstić information content (AvgIpc) is 3.31. The number of rotatable bonds is 4. The summed E-state index contributed by atoms with van der Waals surface area (Å²) in [7, 11) is 0. The number of nitrogens with one attached hydrogen (secondary N) is 1. The second-order valence-corrected chi connectivity index (χ2v) is 11.2. The van der Waals surface area contributed by atoms with E-state index in [-0.39, 0.29) is 5.91 Å². The standard InChI is InChI=1S/C31H26Cl3N3O/c1-18-6-7-21(15-19(18)2)28-24-5-3-4-14-36-27(20-8-10-22(32)11-9-20)17-37(31(24)36)29(28)30(38)35-23-12-13-25(33)26(34)16-23/h6-13,15-17H,3-5,14H2,1-2H3,(H,35,38). The third-order valence-corrected chi connectivity index (χ3v) is 8.45. The maximum absolute atomic E-state index is 14.1. The van der Waals surface area contributed by atoms with Crippen LogP contribution in [0.25, 0.3) is 28.0 Å². The van der Waals surface area contributed by atoms with Crippen LogP contribution in [0.5, 0.6) is 0 Å². The van der Waals surface area contributed by atoms with Gasteiger partial charge in [-0.25, -0.2) is 0 Å². The minimum absolute atomic E-state index is 0.196. The van der Waals surface area contributed by atoms with Crippen molar-refractivity contribution in [1.82, 2.24) is 8.97 Å². The highest BCUT2D eigenvalue weighted by Gasteiger charge is 2.30. The molecule has 1 amide bonds. The van der Waals surface area contributed by atoms with Gasteiger partial charge in [-0.2, -0.15) is 0 Å². The number of amides is 1. The molecule has 3 aromatic carbocycles. The summed E-state index contributed by atoms with van der Waals surface area (Å²) in [4.78, 5) is 14.1. The zero-order valence-electron chi connectivity index (χ0n) is 21.1. The fourth-order valence-electron chi connectivity index (χ4n) is 5.43. The number of carbonyl (C=O) groups is 1. The molecule has 2 aromatic heterocycles. The van der Waals surface area contributed by atoms with Gasteiger partial charge in [-0.15, -0.1) is 0 Å². The molecule has 0 fully saturated rings. The van der Waals surface area contributed by atoms with Gasteiger partial charge in [0.2, 0.25) is 0 Å². The van der Waals surface area contributed by atoms with E-state index in [0.29, 0.717) is 26.4 Å². The predicted molar refractivity (Wildman–Crippen MR) is 158 cm³/mol. The molecule has 0 spiro atoms. The molecule has 0 bridgehead atoms.